The molecular formula is C18H27ClFN. The molecule has 0 aliphatic heterocycles. The monoisotopic (exact) mass is 311 g/mol. The molecule has 0 amide bonds. The van der Waals surface area contributed by atoms with Crippen LogP contribution in [-0.2, 0) is 6.42 Å². The van der Waals surface area contributed by atoms with Crippen LogP contribution < -0.4 is 5.32 Å². The van der Waals surface area contributed by atoms with E-state index < -0.39 is 0 Å². The highest BCUT2D eigenvalue weighted by Gasteiger charge is 2.23. The third-order valence-electron chi connectivity index (χ3n) is 4.66. The standard InChI is InChI=1S/C18H27ClFN/c1-2-21-17(14-9-6-4-3-5-7-10-14)13-15-11-8-12-16(19)18(15)20/h8,11-12,14,17,21H,2-7,9-10,13H2,1H3. The van der Waals surface area contributed by atoms with Gasteiger partial charge in [-0.2, -0.15) is 0 Å². The van der Waals surface area contributed by atoms with Gasteiger partial charge in [0.1, 0.15) is 5.82 Å². The molecule has 0 heterocycles. The van der Waals surface area contributed by atoms with E-state index in [9.17, 15) is 4.39 Å². The number of hydrogen-bond acceptors (Lipinski definition) is 1. The van der Waals surface area contributed by atoms with Crippen molar-refractivity contribution in [3.05, 3.63) is 34.6 Å². The van der Waals surface area contributed by atoms with Gasteiger partial charge in [-0.15, -0.1) is 0 Å². The van der Waals surface area contributed by atoms with Crippen LogP contribution in [0.2, 0.25) is 5.02 Å². The Hall–Kier alpha value is -0.600. The van der Waals surface area contributed by atoms with Crippen LogP contribution in [0, 0.1) is 11.7 Å². The van der Waals surface area contributed by atoms with Crippen molar-refractivity contribution < 1.29 is 4.39 Å². The van der Waals surface area contributed by atoms with E-state index in [2.05, 4.69) is 12.2 Å². The van der Waals surface area contributed by atoms with Gasteiger partial charge in [0, 0.05) is 6.04 Å². The first-order valence-corrected chi connectivity index (χ1v) is 8.76. The molecule has 1 fully saturated rings. The van der Waals surface area contributed by atoms with E-state index in [0.29, 0.717) is 12.0 Å². The number of halogens is 2. The van der Waals surface area contributed by atoms with Crippen LogP contribution >= 0.6 is 11.6 Å². The third-order valence-corrected chi connectivity index (χ3v) is 4.95. The van der Waals surface area contributed by atoms with Gasteiger partial charge in [-0.05, 0) is 43.4 Å². The van der Waals surface area contributed by atoms with E-state index in [1.165, 1.54) is 44.9 Å². The van der Waals surface area contributed by atoms with Gasteiger partial charge in [0.15, 0.2) is 0 Å². The minimum Gasteiger partial charge on any atom is -0.314 e. The van der Waals surface area contributed by atoms with Crippen molar-refractivity contribution >= 4 is 11.6 Å². The summed E-state index contributed by atoms with van der Waals surface area (Å²) < 4.78 is 14.2. The third kappa shape index (κ3) is 4.96. The molecule has 1 aliphatic carbocycles. The quantitative estimate of drug-likeness (QED) is 0.772. The molecule has 1 unspecified atom stereocenters. The van der Waals surface area contributed by atoms with Crippen LogP contribution in [0.4, 0.5) is 4.39 Å². The second-order valence-corrected chi connectivity index (χ2v) is 6.59. The largest absolute Gasteiger partial charge is 0.314 e. The first-order chi connectivity index (χ1) is 10.2. The highest BCUT2D eigenvalue weighted by molar-refractivity contribution is 6.30. The van der Waals surface area contributed by atoms with E-state index in [-0.39, 0.29) is 10.8 Å². The van der Waals surface area contributed by atoms with Crippen LogP contribution in [0.5, 0.6) is 0 Å². The van der Waals surface area contributed by atoms with Crippen LogP contribution in [-0.4, -0.2) is 12.6 Å². The Bertz CT molecular complexity index is 427. The Morgan fingerprint density at radius 3 is 2.52 bits per heavy atom. The lowest BCUT2D eigenvalue weighted by molar-refractivity contribution is 0.284. The first kappa shape index (κ1) is 16.8. The summed E-state index contributed by atoms with van der Waals surface area (Å²) in [6.45, 7) is 3.06. The Kier molecular flexibility index (Phi) is 6.98. The fourth-order valence-corrected chi connectivity index (χ4v) is 3.69. The van der Waals surface area contributed by atoms with Crippen LogP contribution in [0.3, 0.4) is 0 Å². The number of rotatable bonds is 5. The van der Waals surface area contributed by atoms with Crippen molar-refractivity contribution in [3.8, 4) is 0 Å². The topological polar surface area (TPSA) is 12.0 Å². The van der Waals surface area contributed by atoms with Gasteiger partial charge in [0.25, 0.3) is 0 Å². The predicted octanol–water partition coefficient (Wildman–Crippen LogP) is 5.36. The van der Waals surface area contributed by atoms with Crippen molar-refractivity contribution in [1.82, 2.24) is 5.32 Å². The van der Waals surface area contributed by atoms with Crippen molar-refractivity contribution in [2.45, 2.75) is 64.3 Å². The molecule has 0 saturated heterocycles. The normalized spacial score (nSPS) is 19.0. The maximum atomic E-state index is 14.2. The average molecular weight is 312 g/mol. The molecule has 0 spiro atoms. The molecule has 1 nitrogen and oxygen atoms in total. The smallest absolute Gasteiger partial charge is 0.145 e. The molecular weight excluding hydrogens is 285 g/mol. The second-order valence-electron chi connectivity index (χ2n) is 6.19. The zero-order valence-electron chi connectivity index (χ0n) is 13.0. The summed E-state index contributed by atoms with van der Waals surface area (Å²) in [5, 5.41) is 3.82. The van der Waals surface area contributed by atoms with Gasteiger partial charge in [-0.1, -0.05) is 62.8 Å². The summed E-state index contributed by atoms with van der Waals surface area (Å²) >= 11 is 5.91. The lowest BCUT2D eigenvalue weighted by atomic mass is 9.83. The summed E-state index contributed by atoms with van der Waals surface area (Å²) in [5.41, 5.74) is 0.746. The maximum Gasteiger partial charge on any atom is 0.145 e. The van der Waals surface area contributed by atoms with Gasteiger partial charge in [0.05, 0.1) is 5.02 Å². The molecule has 0 bridgehead atoms. The molecule has 1 atom stereocenters. The second kappa shape index (κ2) is 8.75. The van der Waals surface area contributed by atoms with E-state index >= 15 is 0 Å². The molecule has 1 N–H and O–H groups in total. The minimum atomic E-state index is -0.243. The van der Waals surface area contributed by atoms with Crippen LogP contribution in [0.1, 0.15) is 57.4 Å². The predicted molar refractivity (Wildman–Crippen MR) is 88.4 cm³/mol. The van der Waals surface area contributed by atoms with E-state index in [4.69, 9.17) is 11.6 Å². The van der Waals surface area contributed by atoms with E-state index in [1.54, 1.807) is 6.07 Å². The lowest BCUT2D eigenvalue weighted by Gasteiger charge is -2.30. The summed E-state index contributed by atoms with van der Waals surface area (Å²) in [5.74, 6) is 0.413. The van der Waals surface area contributed by atoms with E-state index in [1.807, 2.05) is 12.1 Å². The fourth-order valence-electron chi connectivity index (χ4n) is 3.50. The Morgan fingerprint density at radius 2 is 1.86 bits per heavy atom. The highest BCUT2D eigenvalue weighted by atomic mass is 35.5. The Balaban J connectivity index is 2.08. The molecule has 3 heteroatoms. The van der Waals surface area contributed by atoms with Gasteiger partial charge >= 0.3 is 0 Å². The van der Waals surface area contributed by atoms with Crippen LogP contribution in [0.25, 0.3) is 0 Å². The maximum absolute atomic E-state index is 14.2. The molecule has 0 aromatic heterocycles. The zero-order valence-corrected chi connectivity index (χ0v) is 13.8. The summed E-state index contributed by atoms with van der Waals surface area (Å²) in [7, 11) is 0. The highest BCUT2D eigenvalue weighted by Crippen LogP contribution is 2.28. The molecule has 2 rings (SSSR count). The lowest BCUT2D eigenvalue weighted by Crippen LogP contribution is -2.38. The molecule has 0 radical (unpaired) electrons. The van der Waals surface area contributed by atoms with Crippen molar-refractivity contribution in [1.29, 1.82) is 0 Å². The van der Waals surface area contributed by atoms with Gasteiger partial charge in [-0.25, -0.2) is 4.39 Å². The molecule has 21 heavy (non-hydrogen) atoms. The number of nitrogens with one attached hydrogen (secondary N) is 1. The van der Waals surface area contributed by atoms with Gasteiger partial charge in [-0.3, -0.25) is 0 Å². The van der Waals surface area contributed by atoms with Crippen molar-refractivity contribution in [2.75, 3.05) is 6.54 Å². The van der Waals surface area contributed by atoms with Gasteiger partial charge in [0.2, 0.25) is 0 Å². The minimum absolute atomic E-state index is 0.236. The first-order valence-electron chi connectivity index (χ1n) is 8.38. The molecule has 1 aromatic rings. The van der Waals surface area contributed by atoms with Crippen LogP contribution in [0.15, 0.2) is 18.2 Å². The number of hydrogen-bond donors (Lipinski definition) is 1. The summed E-state index contributed by atoms with van der Waals surface area (Å²) in [4.78, 5) is 0. The Labute approximate surface area is 133 Å². The fraction of sp³-hybridized carbons (Fsp3) is 0.667. The molecule has 1 aliphatic rings. The average Bonchev–Trinajstić information content (AvgIpc) is 2.43. The SMILES string of the molecule is CCNC(Cc1cccc(Cl)c1F)C1CCCCCCC1. The molecule has 1 aromatic carbocycles. The van der Waals surface area contributed by atoms with Gasteiger partial charge < -0.3 is 5.32 Å². The van der Waals surface area contributed by atoms with Crippen molar-refractivity contribution in [2.24, 2.45) is 5.92 Å². The summed E-state index contributed by atoms with van der Waals surface area (Å²) in [6.07, 6.45) is 9.96. The van der Waals surface area contributed by atoms with E-state index in [0.717, 1.165) is 18.5 Å². The Morgan fingerprint density at radius 1 is 1.19 bits per heavy atom. The number of benzene rings is 1. The zero-order chi connectivity index (χ0) is 15.1. The number of likely N-dealkylation sites (N-methyl/N-ethyl adjacent to an activating group) is 1. The molecule has 1 saturated carbocycles. The van der Waals surface area contributed by atoms with Crippen molar-refractivity contribution in [3.63, 3.8) is 0 Å². The summed E-state index contributed by atoms with van der Waals surface area (Å²) in [6, 6.07) is 5.70. The molecule has 118 valence electrons.